The Kier molecular flexibility index (Phi) is 7.88. The zero-order valence-corrected chi connectivity index (χ0v) is 23.7. The maximum Gasteiger partial charge on any atom is 0.277 e. The van der Waals surface area contributed by atoms with E-state index in [0.717, 1.165) is 10.3 Å². The maximum atomic E-state index is 13.5. The summed E-state index contributed by atoms with van der Waals surface area (Å²) in [5.74, 6) is -0.706. The molecule has 11 heteroatoms. The molecular weight excluding hydrogens is 577 g/mol. The summed E-state index contributed by atoms with van der Waals surface area (Å²) < 4.78 is 26.3. The van der Waals surface area contributed by atoms with Gasteiger partial charge >= 0.3 is 0 Å². The van der Waals surface area contributed by atoms with Gasteiger partial charge in [-0.2, -0.15) is 0 Å². The van der Waals surface area contributed by atoms with E-state index in [9.17, 15) is 19.1 Å². The Balaban J connectivity index is 1.11. The Morgan fingerprint density at radius 2 is 1.98 bits per heavy atom. The summed E-state index contributed by atoms with van der Waals surface area (Å²) in [5.41, 5.74) is 2.36. The topological polar surface area (TPSA) is 111 Å². The zero-order valence-electron chi connectivity index (χ0n) is 22.0. The number of nitrogens with zero attached hydrogens (tertiary/aromatic N) is 2. The SMILES string of the molecule is O=C(NC(=O)c1ncccc1S)c1cccc(C[C@H]2COc3ccc(OCc4nc5cc(F)ccc5s4)cc3[C@H]2O)c1. The molecule has 1 aliphatic rings. The van der Waals surface area contributed by atoms with Gasteiger partial charge in [-0.1, -0.05) is 12.1 Å². The molecule has 2 N–H and O–H groups in total. The lowest BCUT2D eigenvalue weighted by molar-refractivity contribution is 0.0504. The van der Waals surface area contributed by atoms with Crippen molar-refractivity contribution in [2.45, 2.75) is 24.0 Å². The standard InChI is InChI=1S/C31H24FN3O5S2/c32-20-6-9-26-23(13-20)34-27(42-26)16-39-21-7-8-24-22(14-21)29(36)19(15-40-24)12-17-3-1-4-18(11-17)30(37)35-31(38)28-25(41)5-2-10-33-28/h1-11,13-14,19,29,36,41H,12,15-16H2,(H,35,37,38)/t19-,29-/m0/s1. The number of fused-ring (bicyclic) bond motifs is 2. The second-order valence-corrected chi connectivity index (χ2v) is 11.4. The number of benzene rings is 3. The van der Waals surface area contributed by atoms with Crippen LogP contribution in [0.15, 0.2) is 83.9 Å². The number of carbonyl (C=O) groups is 2. The van der Waals surface area contributed by atoms with E-state index in [1.54, 1.807) is 54.6 Å². The molecule has 2 atom stereocenters. The lowest BCUT2D eigenvalue weighted by atomic mass is 9.87. The lowest BCUT2D eigenvalue weighted by Gasteiger charge is -2.30. The van der Waals surface area contributed by atoms with Crippen molar-refractivity contribution >= 4 is 46.0 Å². The van der Waals surface area contributed by atoms with Crippen LogP contribution in [-0.2, 0) is 13.0 Å². The van der Waals surface area contributed by atoms with Crippen molar-refractivity contribution < 1.29 is 28.6 Å². The highest BCUT2D eigenvalue weighted by atomic mass is 32.1. The molecule has 6 rings (SSSR count). The van der Waals surface area contributed by atoms with Crippen LogP contribution in [0.3, 0.4) is 0 Å². The van der Waals surface area contributed by atoms with Gasteiger partial charge in [-0.15, -0.1) is 24.0 Å². The molecule has 0 bridgehead atoms. The predicted octanol–water partition coefficient (Wildman–Crippen LogP) is 5.55. The van der Waals surface area contributed by atoms with Crippen LogP contribution >= 0.6 is 24.0 Å². The zero-order chi connectivity index (χ0) is 29.2. The van der Waals surface area contributed by atoms with Crippen molar-refractivity contribution in [2.24, 2.45) is 5.92 Å². The van der Waals surface area contributed by atoms with Crippen LogP contribution in [0.1, 0.15) is 43.1 Å². The summed E-state index contributed by atoms with van der Waals surface area (Å²) in [7, 11) is 0. The first-order valence-corrected chi connectivity index (χ1v) is 14.3. The maximum absolute atomic E-state index is 13.5. The highest BCUT2D eigenvalue weighted by Crippen LogP contribution is 2.39. The van der Waals surface area contributed by atoms with Gasteiger partial charge < -0.3 is 14.6 Å². The monoisotopic (exact) mass is 601 g/mol. The highest BCUT2D eigenvalue weighted by molar-refractivity contribution is 7.80. The lowest BCUT2D eigenvalue weighted by Crippen LogP contribution is -2.31. The van der Waals surface area contributed by atoms with Crippen molar-refractivity contribution in [1.29, 1.82) is 0 Å². The first kappa shape index (κ1) is 27.8. The molecule has 8 nitrogen and oxygen atoms in total. The molecule has 3 heterocycles. The van der Waals surface area contributed by atoms with E-state index < -0.39 is 17.9 Å². The number of aliphatic hydroxyl groups excluding tert-OH is 1. The normalized spacial score (nSPS) is 16.0. The third-order valence-electron chi connectivity index (χ3n) is 6.87. The Morgan fingerprint density at radius 3 is 2.83 bits per heavy atom. The number of hydrogen-bond donors (Lipinski definition) is 3. The van der Waals surface area contributed by atoms with Crippen LogP contribution in [0.25, 0.3) is 10.2 Å². The van der Waals surface area contributed by atoms with Crippen molar-refractivity contribution in [3.05, 3.63) is 112 Å². The summed E-state index contributed by atoms with van der Waals surface area (Å²) >= 11 is 5.65. The molecule has 0 unspecified atom stereocenters. The third kappa shape index (κ3) is 5.98. The number of thiazole rings is 1. The van der Waals surface area contributed by atoms with Crippen molar-refractivity contribution in [2.75, 3.05) is 6.61 Å². The van der Waals surface area contributed by atoms with E-state index in [1.807, 2.05) is 6.07 Å². The number of aliphatic hydroxyl groups is 1. The van der Waals surface area contributed by atoms with E-state index in [2.05, 4.69) is 27.9 Å². The molecule has 0 spiro atoms. The molecule has 42 heavy (non-hydrogen) atoms. The van der Waals surface area contributed by atoms with Crippen LogP contribution in [0, 0.1) is 11.7 Å². The van der Waals surface area contributed by atoms with E-state index in [4.69, 9.17) is 9.47 Å². The fourth-order valence-electron chi connectivity index (χ4n) is 4.80. The molecule has 0 fully saturated rings. The number of carbonyl (C=O) groups excluding carboxylic acids is 2. The smallest absolute Gasteiger partial charge is 0.277 e. The molecule has 2 amide bonds. The van der Waals surface area contributed by atoms with Gasteiger partial charge in [0.2, 0.25) is 0 Å². The summed E-state index contributed by atoms with van der Waals surface area (Å²) in [6.45, 7) is 0.489. The number of ether oxygens (including phenoxy) is 2. The number of imide groups is 1. The van der Waals surface area contributed by atoms with Gasteiger partial charge in [-0.05, 0) is 66.6 Å². The van der Waals surface area contributed by atoms with Crippen molar-refractivity contribution in [1.82, 2.24) is 15.3 Å². The number of aromatic nitrogens is 2. The Bertz CT molecular complexity index is 1810. The second kappa shape index (κ2) is 11.9. The second-order valence-electron chi connectivity index (χ2n) is 9.78. The average Bonchev–Trinajstić information content (AvgIpc) is 3.40. The Morgan fingerprint density at radius 1 is 1.10 bits per heavy atom. The van der Waals surface area contributed by atoms with E-state index in [1.165, 1.54) is 29.7 Å². The van der Waals surface area contributed by atoms with E-state index >= 15 is 0 Å². The first-order valence-electron chi connectivity index (χ1n) is 13.1. The summed E-state index contributed by atoms with van der Waals surface area (Å²) in [6, 6.07) is 19.9. The molecule has 1 aliphatic heterocycles. The van der Waals surface area contributed by atoms with Crippen molar-refractivity contribution in [3.8, 4) is 11.5 Å². The molecule has 0 radical (unpaired) electrons. The minimum Gasteiger partial charge on any atom is -0.493 e. The summed E-state index contributed by atoms with van der Waals surface area (Å²) in [5, 5.41) is 14.3. The average molecular weight is 602 g/mol. The highest BCUT2D eigenvalue weighted by Gasteiger charge is 2.30. The molecule has 212 valence electrons. The number of nitrogens with one attached hydrogen (secondary N) is 1. The number of halogens is 1. The fraction of sp³-hybridized carbons (Fsp3) is 0.161. The largest absolute Gasteiger partial charge is 0.493 e. The third-order valence-corrected chi connectivity index (χ3v) is 8.24. The van der Waals surface area contributed by atoms with Crippen LogP contribution in [0.2, 0.25) is 0 Å². The van der Waals surface area contributed by atoms with Gasteiger partial charge in [0.1, 0.15) is 34.6 Å². The molecule has 0 saturated heterocycles. The summed E-state index contributed by atoms with van der Waals surface area (Å²) in [6.07, 6.45) is 1.06. The van der Waals surface area contributed by atoms with Crippen LogP contribution in [-0.4, -0.2) is 33.5 Å². The van der Waals surface area contributed by atoms with E-state index in [-0.39, 0.29) is 30.6 Å². The molecule has 2 aromatic heterocycles. The van der Waals surface area contributed by atoms with Gasteiger partial charge in [0, 0.05) is 34.2 Å². The number of rotatable bonds is 7. The Labute approximate surface area is 249 Å². The molecular formula is C31H24FN3O5S2. The minimum absolute atomic E-state index is 0.0605. The molecule has 5 aromatic rings. The Hall–Kier alpha value is -4.32. The van der Waals surface area contributed by atoms with Crippen molar-refractivity contribution in [3.63, 3.8) is 0 Å². The van der Waals surface area contributed by atoms with E-state index in [0.29, 0.717) is 44.5 Å². The van der Waals surface area contributed by atoms with Crippen LogP contribution in [0.4, 0.5) is 4.39 Å². The predicted molar refractivity (Wildman–Crippen MR) is 158 cm³/mol. The number of hydrogen-bond acceptors (Lipinski definition) is 9. The van der Waals surface area contributed by atoms with Crippen LogP contribution in [0.5, 0.6) is 11.5 Å². The number of pyridine rings is 1. The van der Waals surface area contributed by atoms with Gasteiger partial charge in [-0.3, -0.25) is 14.9 Å². The number of thiol groups is 1. The minimum atomic E-state index is -0.834. The quantitative estimate of drug-likeness (QED) is 0.166. The van der Waals surface area contributed by atoms with Gasteiger partial charge in [-0.25, -0.2) is 14.4 Å². The summed E-state index contributed by atoms with van der Waals surface area (Å²) in [4.78, 5) is 34.1. The molecule has 0 aliphatic carbocycles. The van der Waals surface area contributed by atoms with Gasteiger partial charge in [0.15, 0.2) is 0 Å². The van der Waals surface area contributed by atoms with Gasteiger partial charge in [0.05, 0.1) is 22.9 Å². The first-order chi connectivity index (χ1) is 20.3. The van der Waals surface area contributed by atoms with Gasteiger partial charge in [0.25, 0.3) is 11.8 Å². The van der Waals surface area contributed by atoms with Crippen LogP contribution < -0.4 is 14.8 Å². The fourth-order valence-corrected chi connectivity index (χ4v) is 5.90. The number of amides is 2. The molecule has 0 saturated carbocycles. The molecule has 3 aromatic carbocycles.